The van der Waals surface area contributed by atoms with Gasteiger partial charge in [0.15, 0.2) is 0 Å². The van der Waals surface area contributed by atoms with Crippen molar-refractivity contribution in [2.24, 2.45) is 5.92 Å². The average molecular weight is 291 g/mol. The molecule has 0 saturated heterocycles. The van der Waals surface area contributed by atoms with Crippen LogP contribution in [0.4, 0.5) is 5.82 Å². The summed E-state index contributed by atoms with van der Waals surface area (Å²) in [5.74, 6) is 1.41. The summed E-state index contributed by atoms with van der Waals surface area (Å²) in [5.41, 5.74) is -0.0254. The number of carboxylic acid groups (broad SMARTS) is 1. The second-order valence-corrected chi connectivity index (χ2v) is 6.60. The van der Waals surface area contributed by atoms with Crippen LogP contribution in [-0.4, -0.2) is 26.6 Å². The molecular formula is C16H25N3O2. The predicted molar refractivity (Wildman–Crippen MR) is 82.5 cm³/mol. The topological polar surface area (TPSA) is 75.1 Å². The molecule has 1 saturated carbocycles. The largest absolute Gasteiger partial charge is 0.480 e. The first-order valence-corrected chi connectivity index (χ1v) is 7.69. The quantitative estimate of drug-likeness (QED) is 0.889. The SMILES string of the molecule is Cc1cc(NC2(C(=O)O)CCC(C)CC2)nc(C(C)C)n1. The first kappa shape index (κ1) is 15.7. The van der Waals surface area contributed by atoms with E-state index in [1.165, 1.54) is 0 Å². The van der Waals surface area contributed by atoms with Crippen molar-refractivity contribution in [3.05, 3.63) is 17.6 Å². The summed E-state index contributed by atoms with van der Waals surface area (Å²) in [6, 6.07) is 1.83. The second kappa shape index (κ2) is 6.00. The Bertz CT molecular complexity index is 520. The Labute approximate surface area is 126 Å². The molecule has 1 aliphatic carbocycles. The molecular weight excluding hydrogens is 266 g/mol. The van der Waals surface area contributed by atoms with Crippen molar-refractivity contribution in [2.45, 2.75) is 64.8 Å². The maximum absolute atomic E-state index is 11.8. The van der Waals surface area contributed by atoms with Gasteiger partial charge >= 0.3 is 5.97 Å². The fraction of sp³-hybridized carbons (Fsp3) is 0.688. The third-order valence-electron chi connectivity index (χ3n) is 4.29. The van der Waals surface area contributed by atoms with Gasteiger partial charge in [-0.2, -0.15) is 0 Å². The van der Waals surface area contributed by atoms with Crippen molar-refractivity contribution >= 4 is 11.8 Å². The molecule has 1 aliphatic rings. The number of nitrogens with one attached hydrogen (secondary N) is 1. The molecule has 0 radical (unpaired) electrons. The number of aryl methyl sites for hydroxylation is 1. The lowest BCUT2D eigenvalue weighted by Gasteiger charge is -2.37. The molecule has 0 atom stereocenters. The van der Waals surface area contributed by atoms with Gasteiger partial charge < -0.3 is 10.4 Å². The van der Waals surface area contributed by atoms with Crippen LogP contribution in [0, 0.1) is 12.8 Å². The Hall–Kier alpha value is -1.65. The highest BCUT2D eigenvalue weighted by Gasteiger charge is 2.41. The van der Waals surface area contributed by atoms with Crippen LogP contribution in [0.1, 0.15) is 63.9 Å². The minimum Gasteiger partial charge on any atom is -0.480 e. The number of carboxylic acids is 1. The monoisotopic (exact) mass is 291 g/mol. The van der Waals surface area contributed by atoms with Crippen LogP contribution in [0.25, 0.3) is 0 Å². The summed E-state index contributed by atoms with van der Waals surface area (Å²) in [7, 11) is 0. The van der Waals surface area contributed by atoms with Crippen LogP contribution in [0.2, 0.25) is 0 Å². The highest BCUT2D eigenvalue weighted by atomic mass is 16.4. The number of aromatic nitrogens is 2. The highest BCUT2D eigenvalue weighted by molar-refractivity contribution is 5.82. The van der Waals surface area contributed by atoms with Crippen molar-refractivity contribution in [3.8, 4) is 0 Å². The molecule has 5 heteroatoms. The number of carbonyl (C=O) groups is 1. The zero-order valence-corrected chi connectivity index (χ0v) is 13.3. The number of hydrogen-bond acceptors (Lipinski definition) is 4. The van der Waals surface area contributed by atoms with Gasteiger partial charge in [0.05, 0.1) is 0 Å². The molecule has 0 unspecified atom stereocenters. The summed E-state index contributed by atoms with van der Waals surface area (Å²) in [4.78, 5) is 20.7. The van der Waals surface area contributed by atoms with E-state index in [0.717, 1.165) is 24.4 Å². The first-order valence-electron chi connectivity index (χ1n) is 7.69. The van der Waals surface area contributed by atoms with Crippen LogP contribution < -0.4 is 5.32 Å². The molecule has 0 aromatic carbocycles. The van der Waals surface area contributed by atoms with Crippen LogP contribution in [0.3, 0.4) is 0 Å². The normalized spacial score (nSPS) is 25.9. The first-order chi connectivity index (χ1) is 9.82. The van der Waals surface area contributed by atoms with E-state index < -0.39 is 11.5 Å². The van der Waals surface area contributed by atoms with E-state index in [1.54, 1.807) is 0 Å². The van der Waals surface area contributed by atoms with Crippen molar-refractivity contribution in [3.63, 3.8) is 0 Å². The smallest absolute Gasteiger partial charge is 0.329 e. The maximum Gasteiger partial charge on any atom is 0.329 e. The Morgan fingerprint density at radius 1 is 1.38 bits per heavy atom. The molecule has 0 spiro atoms. The van der Waals surface area contributed by atoms with E-state index in [-0.39, 0.29) is 5.92 Å². The molecule has 116 valence electrons. The fourth-order valence-corrected chi connectivity index (χ4v) is 2.81. The van der Waals surface area contributed by atoms with E-state index in [9.17, 15) is 9.90 Å². The van der Waals surface area contributed by atoms with E-state index in [1.807, 2.05) is 26.8 Å². The molecule has 2 rings (SSSR count). The molecule has 21 heavy (non-hydrogen) atoms. The molecule has 2 N–H and O–H groups in total. The van der Waals surface area contributed by atoms with E-state index in [2.05, 4.69) is 22.2 Å². The number of rotatable bonds is 4. The summed E-state index contributed by atoms with van der Waals surface area (Å²) in [5, 5.41) is 12.9. The Morgan fingerprint density at radius 3 is 2.52 bits per heavy atom. The average Bonchev–Trinajstić information content (AvgIpc) is 2.40. The molecule has 1 aromatic heterocycles. The lowest BCUT2D eigenvalue weighted by atomic mass is 9.77. The van der Waals surface area contributed by atoms with Gasteiger partial charge in [-0.1, -0.05) is 20.8 Å². The molecule has 5 nitrogen and oxygen atoms in total. The van der Waals surface area contributed by atoms with Gasteiger partial charge in [0.25, 0.3) is 0 Å². The zero-order chi connectivity index (χ0) is 15.6. The van der Waals surface area contributed by atoms with Crippen molar-refractivity contribution in [2.75, 3.05) is 5.32 Å². The van der Waals surface area contributed by atoms with Gasteiger partial charge in [-0.25, -0.2) is 14.8 Å². The Kier molecular flexibility index (Phi) is 4.49. The summed E-state index contributed by atoms with van der Waals surface area (Å²) < 4.78 is 0. The van der Waals surface area contributed by atoms with Gasteiger partial charge in [0, 0.05) is 17.7 Å². The third-order valence-corrected chi connectivity index (χ3v) is 4.29. The summed E-state index contributed by atoms with van der Waals surface area (Å²) in [6.45, 7) is 8.16. The number of hydrogen-bond donors (Lipinski definition) is 2. The molecule has 1 heterocycles. The van der Waals surface area contributed by atoms with Crippen molar-refractivity contribution in [1.29, 1.82) is 0 Å². The molecule has 0 aliphatic heterocycles. The van der Waals surface area contributed by atoms with Gasteiger partial charge in [-0.15, -0.1) is 0 Å². The Morgan fingerprint density at radius 2 is 2.00 bits per heavy atom. The molecule has 0 bridgehead atoms. The van der Waals surface area contributed by atoms with Crippen LogP contribution in [-0.2, 0) is 4.79 Å². The molecule has 1 aromatic rings. The minimum atomic E-state index is -0.887. The van der Waals surface area contributed by atoms with Crippen LogP contribution in [0.5, 0.6) is 0 Å². The molecule has 1 fully saturated rings. The standard InChI is InChI=1S/C16H25N3O2/c1-10(2)14-17-12(4)9-13(18-14)19-16(15(20)21)7-5-11(3)6-8-16/h9-11H,5-8H2,1-4H3,(H,20,21)(H,17,18,19). The minimum absolute atomic E-state index is 0.220. The number of anilines is 1. The third kappa shape index (κ3) is 3.52. The van der Waals surface area contributed by atoms with E-state index in [4.69, 9.17) is 0 Å². The summed E-state index contributed by atoms with van der Waals surface area (Å²) >= 11 is 0. The van der Waals surface area contributed by atoms with Crippen molar-refractivity contribution < 1.29 is 9.90 Å². The molecule has 0 amide bonds. The van der Waals surface area contributed by atoms with Gasteiger partial charge in [-0.3, -0.25) is 0 Å². The van der Waals surface area contributed by atoms with Crippen LogP contribution >= 0.6 is 0 Å². The fourth-order valence-electron chi connectivity index (χ4n) is 2.81. The predicted octanol–water partition coefficient (Wildman–Crippen LogP) is 3.35. The highest BCUT2D eigenvalue weighted by Crippen LogP contribution is 2.34. The lowest BCUT2D eigenvalue weighted by molar-refractivity contribution is -0.143. The van der Waals surface area contributed by atoms with Gasteiger partial charge in [-0.05, 0) is 38.5 Å². The second-order valence-electron chi connectivity index (χ2n) is 6.60. The van der Waals surface area contributed by atoms with Gasteiger partial charge in [0.2, 0.25) is 0 Å². The maximum atomic E-state index is 11.8. The van der Waals surface area contributed by atoms with Crippen molar-refractivity contribution in [1.82, 2.24) is 9.97 Å². The summed E-state index contributed by atoms with van der Waals surface area (Å²) in [6.07, 6.45) is 3.15. The van der Waals surface area contributed by atoms with Crippen LogP contribution in [0.15, 0.2) is 6.07 Å². The Balaban J connectivity index is 2.27. The lowest BCUT2D eigenvalue weighted by Crippen LogP contribution is -2.49. The number of aliphatic carboxylic acids is 1. The number of nitrogens with zero attached hydrogens (tertiary/aromatic N) is 2. The van der Waals surface area contributed by atoms with E-state index >= 15 is 0 Å². The van der Waals surface area contributed by atoms with E-state index in [0.29, 0.717) is 24.6 Å². The zero-order valence-electron chi connectivity index (χ0n) is 13.3. The van der Waals surface area contributed by atoms with Gasteiger partial charge in [0.1, 0.15) is 17.2 Å².